The lowest BCUT2D eigenvalue weighted by atomic mass is 10.1. The van der Waals surface area contributed by atoms with Gasteiger partial charge in [-0.25, -0.2) is 9.59 Å². The average Bonchev–Trinajstić information content (AvgIpc) is 2.99. The molecule has 1 aliphatic heterocycles. The summed E-state index contributed by atoms with van der Waals surface area (Å²) in [7, 11) is 1.46. The molecule has 2 N–H and O–H groups in total. The molecule has 0 unspecified atom stereocenters. The molecule has 9 heteroatoms. The van der Waals surface area contributed by atoms with Gasteiger partial charge in [-0.2, -0.15) is 0 Å². The van der Waals surface area contributed by atoms with E-state index in [1.54, 1.807) is 31.2 Å². The van der Waals surface area contributed by atoms with Crippen LogP contribution >= 0.6 is 11.6 Å². The second-order valence-electron chi connectivity index (χ2n) is 6.36. The number of ether oxygens (including phenoxy) is 2. The molecular formula is C21H19ClN2O6. The summed E-state index contributed by atoms with van der Waals surface area (Å²) in [5.41, 5.74) is 1.63. The van der Waals surface area contributed by atoms with Crippen molar-refractivity contribution in [1.82, 2.24) is 10.2 Å². The van der Waals surface area contributed by atoms with Crippen molar-refractivity contribution in [2.45, 2.75) is 13.5 Å². The summed E-state index contributed by atoms with van der Waals surface area (Å²) >= 11 is 6.36. The zero-order valence-corrected chi connectivity index (χ0v) is 17.0. The van der Waals surface area contributed by atoms with E-state index in [0.717, 1.165) is 10.5 Å². The van der Waals surface area contributed by atoms with Gasteiger partial charge in [0, 0.05) is 6.54 Å². The molecule has 3 rings (SSSR count). The lowest BCUT2D eigenvalue weighted by Crippen LogP contribution is -2.30. The Hall–Kier alpha value is -3.52. The number of rotatable bonds is 7. The first-order valence-electron chi connectivity index (χ1n) is 9.01. The molecule has 1 heterocycles. The Morgan fingerprint density at radius 1 is 1.23 bits per heavy atom. The number of halogens is 1. The Kier molecular flexibility index (Phi) is 6.27. The second-order valence-corrected chi connectivity index (χ2v) is 6.77. The van der Waals surface area contributed by atoms with E-state index in [4.69, 9.17) is 26.2 Å². The molecule has 0 atom stereocenters. The van der Waals surface area contributed by atoms with Crippen molar-refractivity contribution >= 4 is 35.6 Å². The van der Waals surface area contributed by atoms with Gasteiger partial charge in [-0.15, -0.1) is 0 Å². The summed E-state index contributed by atoms with van der Waals surface area (Å²) in [5, 5.41) is 11.7. The molecule has 1 saturated heterocycles. The minimum Gasteiger partial charge on any atom is -0.493 e. The van der Waals surface area contributed by atoms with Crippen LogP contribution in [0.5, 0.6) is 11.5 Å². The number of aromatic carboxylic acids is 1. The number of hydrogen-bond donors (Lipinski definition) is 2. The molecule has 0 radical (unpaired) electrons. The Labute approximate surface area is 177 Å². The van der Waals surface area contributed by atoms with Crippen LogP contribution in [0, 0.1) is 0 Å². The van der Waals surface area contributed by atoms with Crippen LogP contribution in [0.25, 0.3) is 6.08 Å². The summed E-state index contributed by atoms with van der Waals surface area (Å²) in [6.07, 6.45) is 1.51. The van der Waals surface area contributed by atoms with Crippen LogP contribution in [0.2, 0.25) is 5.02 Å². The molecule has 0 aromatic heterocycles. The van der Waals surface area contributed by atoms with Gasteiger partial charge in [-0.1, -0.05) is 23.7 Å². The number of benzene rings is 2. The zero-order valence-electron chi connectivity index (χ0n) is 16.3. The molecule has 0 bridgehead atoms. The minimum absolute atomic E-state index is 0.146. The van der Waals surface area contributed by atoms with Crippen LogP contribution in [-0.2, 0) is 11.4 Å². The number of carboxylic acid groups (broad SMARTS) is 1. The van der Waals surface area contributed by atoms with Crippen molar-refractivity contribution in [2.24, 2.45) is 0 Å². The molecular weight excluding hydrogens is 412 g/mol. The normalized spacial score (nSPS) is 14.8. The lowest BCUT2D eigenvalue weighted by molar-refractivity contribution is -0.122. The topological polar surface area (TPSA) is 105 Å². The molecule has 3 amide bonds. The monoisotopic (exact) mass is 430 g/mol. The van der Waals surface area contributed by atoms with Crippen LogP contribution in [0.3, 0.4) is 0 Å². The summed E-state index contributed by atoms with van der Waals surface area (Å²) in [5.74, 6) is -0.764. The smallest absolute Gasteiger partial charge is 0.335 e. The maximum atomic E-state index is 12.2. The number of carbonyl (C=O) groups is 3. The Bertz CT molecular complexity index is 1030. The summed E-state index contributed by atoms with van der Waals surface area (Å²) in [4.78, 5) is 36.0. The van der Waals surface area contributed by atoms with E-state index in [2.05, 4.69) is 5.32 Å². The summed E-state index contributed by atoms with van der Waals surface area (Å²) in [6, 6.07) is 9.03. The van der Waals surface area contributed by atoms with E-state index in [0.29, 0.717) is 17.1 Å². The molecule has 1 aliphatic rings. The van der Waals surface area contributed by atoms with Gasteiger partial charge in [0.05, 0.1) is 17.7 Å². The molecule has 2 aromatic carbocycles. The number of amides is 3. The number of carbonyl (C=O) groups excluding carboxylic acids is 2. The Balaban J connectivity index is 1.81. The van der Waals surface area contributed by atoms with E-state index in [1.165, 1.54) is 25.3 Å². The van der Waals surface area contributed by atoms with Gasteiger partial charge in [0.1, 0.15) is 12.3 Å². The number of nitrogens with zero attached hydrogens (tertiary/aromatic N) is 1. The molecule has 8 nitrogen and oxygen atoms in total. The molecule has 156 valence electrons. The molecule has 2 aromatic rings. The van der Waals surface area contributed by atoms with Crippen LogP contribution in [0.4, 0.5) is 4.79 Å². The number of hydrogen-bond acceptors (Lipinski definition) is 5. The van der Waals surface area contributed by atoms with Crippen molar-refractivity contribution < 1.29 is 29.0 Å². The third-order valence-electron chi connectivity index (χ3n) is 4.43. The molecule has 1 fully saturated rings. The minimum atomic E-state index is -1.00. The van der Waals surface area contributed by atoms with Crippen molar-refractivity contribution in [3.63, 3.8) is 0 Å². The Morgan fingerprint density at radius 3 is 2.50 bits per heavy atom. The van der Waals surface area contributed by atoms with Gasteiger partial charge in [-0.05, 0) is 48.4 Å². The predicted molar refractivity (Wildman–Crippen MR) is 110 cm³/mol. The van der Waals surface area contributed by atoms with Crippen molar-refractivity contribution in [3.05, 3.63) is 63.8 Å². The predicted octanol–water partition coefficient (Wildman–Crippen LogP) is 3.54. The molecule has 30 heavy (non-hydrogen) atoms. The van der Waals surface area contributed by atoms with Crippen LogP contribution in [-0.4, -0.2) is 41.6 Å². The first-order chi connectivity index (χ1) is 14.3. The fourth-order valence-corrected chi connectivity index (χ4v) is 3.16. The first-order valence-corrected chi connectivity index (χ1v) is 9.39. The van der Waals surface area contributed by atoms with Crippen LogP contribution in [0.1, 0.15) is 28.4 Å². The van der Waals surface area contributed by atoms with Gasteiger partial charge in [-0.3, -0.25) is 9.69 Å². The number of nitrogens with one attached hydrogen (secondary N) is 1. The van der Waals surface area contributed by atoms with E-state index in [-0.39, 0.29) is 29.4 Å². The van der Waals surface area contributed by atoms with E-state index in [1.807, 2.05) is 0 Å². The van der Waals surface area contributed by atoms with E-state index < -0.39 is 17.9 Å². The fourth-order valence-electron chi connectivity index (χ4n) is 2.89. The standard InChI is InChI=1S/C21H19ClN2O6/c1-3-24-19(25)16(23-21(24)28)9-13-8-15(22)18(17(10-13)29-2)30-11-12-4-6-14(7-5-12)20(26)27/h4-10H,3,11H2,1-2H3,(H,23,28)(H,26,27)/b16-9+. The highest BCUT2D eigenvalue weighted by atomic mass is 35.5. The number of likely N-dealkylation sites (N-methyl/N-ethyl adjacent to an activating group) is 1. The fraction of sp³-hybridized carbons (Fsp3) is 0.190. The third-order valence-corrected chi connectivity index (χ3v) is 4.71. The van der Waals surface area contributed by atoms with E-state index >= 15 is 0 Å². The average molecular weight is 431 g/mol. The quantitative estimate of drug-likeness (QED) is 0.514. The second kappa shape index (κ2) is 8.87. The zero-order chi connectivity index (χ0) is 21.8. The number of methoxy groups -OCH3 is 1. The van der Waals surface area contributed by atoms with Crippen LogP contribution < -0.4 is 14.8 Å². The molecule has 0 aliphatic carbocycles. The van der Waals surface area contributed by atoms with Crippen molar-refractivity contribution in [2.75, 3.05) is 13.7 Å². The number of carboxylic acids is 1. The number of imide groups is 1. The highest BCUT2D eigenvalue weighted by Crippen LogP contribution is 2.37. The Morgan fingerprint density at radius 2 is 1.93 bits per heavy atom. The van der Waals surface area contributed by atoms with Crippen molar-refractivity contribution in [1.29, 1.82) is 0 Å². The van der Waals surface area contributed by atoms with Crippen LogP contribution in [0.15, 0.2) is 42.1 Å². The third kappa shape index (κ3) is 4.38. The van der Waals surface area contributed by atoms with Gasteiger partial charge in [0.2, 0.25) is 0 Å². The van der Waals surface area contributed by atoms with Crippen molar-refractivity contribution in [3.8, 4) is 11.5 Å². The SMILES string of the molecule is CCN1C(=O)N/C(=C/c2cc(Cl)c(OCc3ccc(C(=O)O)cc3)c(OC)c2)C1=O. The summed E-state index contributed by atoms with van der Waals surface area (Å²) in [6.45, 7) is 2.13. The van der Waals surface area contributed by atoms with Gasteiger partial charge >= 0.3 is 12.0 Å². The van der Waals surface area contributed by atoms with Gasteiger partial charge in [0.25, 0.3) is 5.91 Å². The van der Waals surface area contributed by atoms with Gasteiger partial charge in [0.15, 0.2) is 11.5 Å². The van der Waals surface area contributed by atoms with E-state index in [9.17, 15) is 14.4 Å². The highest BCUT2D eigenvalue weighted by molar-refractivity contribution is 6.32. The first kappa shape index (κ1) is 21.2. The van der Waals surface area contributed by atoms with Gasteiger partial charge < -0.3 is 19.9 Å². The summed E-state index contributed by atoms with van der Waals surface area (Å²) < 4.78 is 11.1. The largest absolute Gasteiger partial charge is 0.493 e. The maximum absolute atomic E-state index is 12.2. The highest BCUT2D eigenvalue weighted by Gasteiger charge is 2.32. The molecule has 0 spiro atoms. The molecule has 0 saturated carbocycles. The lowest BCUT2D eigenvalue weighted by Gasteiger charge is -2.14. The number of urea groups is 1. The maximum Gasteiger partial charge on any atom is 0.335 e.